The molecule has 1 N–H and O–H groups in total. The summed E-state index contributed by atoms with van der Waals surface area (Å²) in [5.41, 5.74) is 0.945. The van der Waals surface area contributed by atoms with E-state index in [9.17, 15) is 4.39 Å². The van der Waals surface area contributed by atoms with Crippen LogP contribution in [0.3, 0.4) is 0 Å². The molecule has 19 heavy (non-hydrogen) atoms. The minimum absolute atomic E-state index is 0.105. The van der Waals surface area contributed by atoms with Gasteiger partial charge in [-0.2, -0.15) is 5.26 Å². The molecule has 3 nitrogen and oxygen atoms in total. The molecule has 0 aliphatic carbocycles. The summed E-state index contributed by atoms with van der Waals surface area (Å²) < 4.78 is 13.2. The molecule has 1 aromatic carbocycles. The van der Waals surface area contributed by atoms with Crippen molar-refractivity contribution in [2.75, 3.05) is 25.0 Å². The zero-order valence-corrected chi connectivity index (χ0v) is 11.3. The van der Waals surface area contributed by atoms with E-state index >= 15 is 0 Å². The predicted molar refractivity (Wildman–Crippen MR) is 74.5 cm³/mol. The van der Waals surface area contributed by atoms with Gasteiger partial charge < -0.3 is 10.2 Å². The van der Waals surface area contributed by atoms with Crippen LogP contribution in [0.5, 0.6) is 0 Å². The first-order valence-electron chi connectivity index (χ1n) is 6.91. The molecular weight excluding hydrogens is 241 g/mol. The zero-order chi connectivity index (χ0) is 13.7. The maximum Gasteiger partial charge on any atom is 0.141 e. The molecule has 1 aromatic rings. The van der Waals surface area contributed by atoms with E-state index in [1.54, 1.807) is 12.1 Å². The van der Waals surface area contributed by atoms with Crippen molar-refractivity contribution in [1.29, 1.82) is 5.26 Å². The summed E-state index contributed by atoms with van der Waals surface area (Å²) in [5, 5.41) is 12.2. The third kappa shape index (κ3) is 3.68. The highest BCUT2D eigenvalue weighted by atomic mass is 19.1. The van der Waals surface area contributed by atoms with Gasteiger partial charge in [-0.15, -0.1) is 0 Å². The fourth-order valence-corrected chi connectivity index (χ4v) is 2.55. The number of anilines is 1. The Morgan fingerprint density at radius 2 is 2.16 bits per heavy atom. The highest BCUT2D eigenvalue weighted by Crippen LogP contribution is 2.19. The Labute approximate surface area is 114 Å². The lowest BCUT2D eigenvalue weighted by Gasteiger charge is -2.32. The number of nitrogens with one attached hydrogen (secondary N) is 1. The Morgan fingerprint density at radius 3 is 2.79 bits per heavy atom. The highest BCUT2D eigenvalue weighted by Gasteiger charge is 2.18. The Bertz CT molecular complexity index is 459. The van der Waals surface area contributed by atoms with Gasteiger partial charge in [-0.25, -0.2) is 4.39 Å². The quantitative estimate of drug-likeness (QED) is 0.905. The average molecular weight is 261 g/mol. The monoisotopic (exact) mass is 261 g/mol. The SMILES string of the molecule is CCCN1CCC(Nc2ccc(F)c(C#N)c2)CC1. The third-order valence-corrected chi connectivity index (χ3v) is 3.59. The molecule has 1 aliphatic heterocycles. The summed E-state index contributed by atoms with van der Waals surface area (Å²) in [4.78, 5) is 2.48. The van der Waals surface area contributed by atoms with Crippen molar-refractivity contribution >= 4 is 5.69 Å². The summed E-state index contributed by atoms with van der Waals surface area (Å²) in [5.74, 6) is -0.453. The molecule has 1 aliphatic rings. The van der Waals surface area contributed by atoms with E-state index in [1.165, 1.54) is 19.0 Å². The zero-order valence-electron chi connectivity index (χ0n) is 11.3. The minimum atomic E-state index is -0.453. The average Bonchev–Trinajstić information content (AvgIpc) is 2.43. The van der Waals surface area contributed by atoms with Crippen molar-refractivity contribution < 1.29 is 4.39 Å². The molecule has 0 radical (unpaired) electrons. The first kappa shape index (κ1) is 13.8. The summed E-state index contributed by atoms with van der Waals surface area (Å²) in [6.45, 7) is 5.59. The fraction of sp³-hybridized carbons (Fsp3) is 0.533. The van der Waals surface area contributed by atoms with Crippen molar-refractivity contribution in [2.45, 2.75) is 32.2 Å². The van der Waals surface area contributed by atoms with Gasteiger partial charge in [0.05, 0.1) is 5.56 Å². The number of hydrogen-bond donors (Lipinski definition) is 1. The maximum atomic E-state index is 13.2. The highest BCUT2D eigenvalue weighted by molar-refractivity contribution is 5.50. The van der Waals surface area contributed by atoms with E-state index in [4.69, 9.17) is 5.26 Å². The van der Waals surface area contributed by atoms with Gasteiger partial charge in [0.25, 0.3) is 0 Å². The van der Waals surface area contributed by atoms with Crippen LogP contribution in [0.1, 0.15) is 31.7 Å². The second-order valence-corrected chi connectivity index (χ2v) is 5.07. The number of rotatable bonds is 4. The molecule has 1 saturated heterocycles. The van der Waals surface area contributed by atoms with E-state index in [-0.39, 0.29) is 5.56 Å². The van der Waals surface area contributed by atoms with Crippen molar-refractivity contribution in [2.24, 2.45) is 0 Å². The Balaban J connectivity index is 1.91. The van der Waals surface area contributed by atoms with Gasteiger partial charge in [-0.3, -0.25) is 0 Å². The second-order valence-electron chi connectivity index (χ2n) is 5.07. The number of halogens is 1. The number of piperidine rings is 1. The summed E-state index contributed by atoms with van der Waals surface area (Å²) in [6.07, 6.45) is 3.39. The van der Waals surface area contributed by atoms with Crippen molar-refractivity contribution in [3.63, 3.8) is 0 Å². The van der Waals surface area contributed by atoms with Crippen molar-refractivity contribution in [1.82, 2.24) is 4.90 Å². The fourth-order valence-electron chi connectivity index (χ4n) is 2.55. The molecule has 0 unspecified atom stereocenters. The second kappa shape index (κ2) is 6.53. The van der Waals surface area contributed by atoms with Crippen LogP contribution in [0.25, 0.3) is 0 Å². The molecule has 0 saturated carbocycles. The van der Waals surface area contributed by atoms with Gasteiger partial charge in [-0.05, 0) is 44.0 Å². The molecule has 1 fully saturated rings. The van der Waals surface area contributed by atoms with E-state index in [0.717, 1.165) is 31.6 Å². The van der Waals surface area contributed by atoms with Crippen LogP contribution in [0.2, 0.25) is 0 Å². The Hall–Kier alpha value is -1.60. The topological polar surface area (TPSA) is 39.1 Å². The van der Waals surface area contributed by atoms with Crippen molar-refractivity contribution in [3.05, 3.63) is 29.6 Å². The maximum absolute atomic E-state index is 13.2. The van der Waals surface area contributed by atoms with Crippen LogP contribution in [0.4, 0.5) is 10.1 Å². The first-order valence-corrected chi connectivity index (χ1v) is 6.91. The van der Waals surface area contributed by atoms with E-state index in [0.29, 0.717) is 6.04 Å². The smallest absolute Gasteiger partial charge is 0.141 e. The van der Waals surface area contributed by atoms with Crippen LogP contribution >= 0.6 is 0 Å². The molecule has 2 rings (SSSR count). The first-order chi connectivity index (χ1) is 9.22. The molecule has 0 aromatic heterocycles. The molecular formula is C15H20FN3. The van der Waals surface area contributed by atoms with Gasteiger partial charge in [-0.1, -0.05) is 6.92 Å². The minimum Gasteiger partial charge on any atom is -0.382 e. The number of benzene rings is 1. The lowest BCUT2D eigenvalue weighted by Crippen LogP contribution is -2.39. The number of nitriles is 1. The number of nitrogens with zero attached hydrogens (tertiary/aromatic N) is 2. The molecule has 1 heterocycles. The molecule has 0 atom stereocenters. The van der Waals surface area contributed by atoms with Gasteiger partial charge in [0.1, 0.15) is 11.9 Å². The van der Waals surface area contributed by atoms with E-state index < -0.39 is 5.82 Å². The summed E-state index contributed by atoms with van der Waals surface area (Å²) >= 11 is 0. The van der Waals surface area contributed by atoms with E-state index in [1.807, 2.05) is 6.07 Å². The lowest BCUT2D eigenvalue weighted by atomic mass is 10.0. The molecule has 0 spiro atoms. The van der Waals surface area contributed by atoms with Crippen LogP contribution in [0.15, 0.2) is 18.2 Å². The largest absolute Gasteiger partial charge is 0.382 e. The summed E-state index contributed by atoms with van der Waals surface area (Å²) in [7, 11) is 0. The van der Waals surface area contributed by atoms with E-state index in [2.05, 4.69) is 17.1 Å². The van der Waals surface area contributed by atoms with Gasteiger partial charge in [0, 0.05) is 24.8 Å². The number of hydrogen-bond acceptors (Lipinski definition) is 3. The summed E-state index contributed by atoms with van der Waals surface area (Å²) in [6, 6.07) is 6.94. The van der Waals surface area contributed by atoms with Crippen LogP contribution < -0.4 is 5.32 Å². The van der Waals surface area contributed by atoms with Crippen molar-refractivity contribution in [3.8, 4) is 6.07 Å². The lowest BCUT2D eigenvalue weighted by molar-refractivity contribution is 0.219. The molecule has 0 amide bonds. The van der Waals surface area contributed by atoms with Crippen LogP contribution in [0, 0.1) is 17.1 Å². The standard InChI is InChI=1S/C15H20FN3/c1-2-7-19-8-5-13(6-9-19)18-14-3-4-15(16)12(10-14)11-17/h3-4,10,13,18H,2,5-9H2,1H3. The van der Waals surface area contributed by atoms with Gasteiger partial charge >= 0.3 is 0 Å². The molecule has 4 heteroatoms. The van der Waals surface area contributed by atoms with Crippen LogP contribution in [-0.4, -0.2) is 30.6 Å². The Morgan fingerprint density at radius 1 is 1.42 bits per heavy atom. The number of likely N-dealkylation sites (tertiary alicyclic amines) is 1. The molecule has 0 bridgehead atoms. The van der Waals surface area contributed by atoms with Crippen LogP contribution in [-0.2, 0) is 0 Å². The van der Waals surface area contributed by atoms with Gasteiger partial charge in [0.2, 0.25) is 0 Å². The third-order valence-electron chi connectivity index (χ3n) is 3.59. The Kier molecular flexibility index (Phi) is 4.75. The molecule has 102 valence electrons. The van der Waals surface area contributed by atoms with Gasteiger partial charge in [0.15, 0.2) is 0 Å². The normalized spacial score (nSPS) is 17.1. The predicted octanol–water partition coefficient (Wildman–Crippen LogP) is 2.98.